The number of rotatable bonds is 3. The number of nitrogens with zero attached hydrogens (tertiary/aromatic N) is 3. The molecule has 118 valence electrons. The molecule has 0 spiro atoms. The van der Waals surface area contributed by atoms with Crippen LogP contribution in [0.5, 0.6) is 0 Å². The van der Waals surface area contributed by atoms with Crippen molar-refractivity contribution in [3.05, 3.63) is 94.5 Å². The van der Waals surface area contributed by atoms with Crippen LogP contribution in [0, 0.1) is 6.92 Å². The Balaban J connectivity index is 1.93. The van der Waals surface area contributed by atoms with Crippen LogP contribution in [-0.4, -0.2) is 15.0 Å². The zero-order chi connectivity index (χ0) is 16.5. The molecular formula is C20H16ClN3. The van der Waals surface area contributed by atoms with Gasteiger partial charge in [-0.1, -0.05) is 70.9 Å². The van der Waals surface area contributed by atoms with Crippen molar-refractivity contribution < 1.29 is 0 Å². The molecule has 0 bridgehead atoms. The van der Waals surface area contributed by atoms with Crippen molar-refractivity contribution in [3.8, 4) is 0 Å². The third-order valence-electron chi connectivity index (χ3n) is 4.20. The van der Waals surface area contributed by atoms with Gasteiger partial charge in [-0.25, -0.2) is 4.68 Å². The lowest BCUT2D eigenvalue weighted by atomic mass is 9.98. The average Bonchev–Trinajstić information content (AvgIpc) is 3.03. The molecule has 1 atom stereocenters. The van der Waals surface area contributed by atoms with Gasteiger partial charge < -0.3 is 0 Å². The minimum atomic E-state index is -0.0460. The van der Waals surface area contributed by atoms with E-state index >= 15 is 0 Å². The third-order valence-corrected chi connectivity index (χ3v) is 4.45. The molecule has 0 aliphatic heterocycles. The highest BCUT2D eigenvalue weighted by Crippen LogP contribution is 2.29. The second-order valence-corrected chi connectivity index (χ2v) is 6.32. The number of aromatic nitrogens is 3. The van der Waals surface area contributed by atoms with Gasteiger partial charge in [0.15, 0.2) is 0 Å². The summed E-state index contributed by atoms with van der Waals surface area (Å²) in [6, 6.07) is 24.4. The van der Waals surface area contributed by atoms with E-state index in [0.29, 0.717) is 0 Å². The molecule has 3 aromatic carbocycles. The van der Waals surface area contributed by atoms with Gasteiger partial charge in [-0.2, -0.15) is 0 Å². The van der Waals surface area contributed by atoms with Crippen molar-refractivity contribution in [1.29, 1.82) is 0 Å². The Kier molecular flexibility index (Phi) is 3.79. The van der Waals surface area contributed by atoms with E-state index in [4.69, 9.17) is 11.6 Å². The molecular weight excluding hydrogens is 318 g/mol. The summed E-state index contributed by atoms with van der Waals surface area (Å²) in [7, 11) is 0. The molecule has 24 heavy (non-hydrogen) atoms. The first-order valence-corrected chi connectivity index (χ1v) is 8.22. The van der Waals surface area contributed by atoms with E-state index in [1.54, 1.807) is 0 Å². The minimum Gasteiger partial charge on any atom is -0.233 e. The van der Waals surface area contributed by atoms with Gasteiger partial charge in [-0.15, -0.1) is 5.10 Å². The van der Waals surface area contributed by atoms with Crippen molar-refractivity contribution in [2.45, 2.75) is 13.0 Å². The number of benzene rings is 3. The van der Waals surface area contributed by atoms with Gasteiger partial charge in [0.05, 0.1) is 5.52 Å². The first kappa shape index (κ1) is 14.9. The van der Waals surface area contributed by atoms with Crippen LogP contribution in [0.25, 0.3) is 11.0 Å². The molecule has 4 heteroatoms. The maximum Gasteiger partial charge on any atom is 0.113 e. The molecule has 0 amide bonds. The lowest BCUT2D eigenvalue weighted by Gasteiger charge is -2.19. The number of para-hydroxylation sites is 1. The van der Waals surface area contributed by atoms with Crippen molar-refractivity contribution in [3.63, 3.8) is 0 Å². The summed E-state index contributed by atoms with van der Waals surface area (Å²) in [5, 5.41) is 9.47. The smallest absolute Gasteiger partial charge is 0.113 e. The standard InChI is InChI=1S/C20H16ClN3/c1-14-6-8-15(9-7-14)20(16-10-12-17(21)13-11-16)24-19-5-3-2-4-18(19)22-23-24/h2-13,20H,1H3. The monoisotopic (exact) mass is 333 g/mol. The van der Waals surface area contributed by atoms with Crippen LogP contribution in [0.15, 0.2) is 72.8 Å². The van der Waals surface area contributed by atoms with E-state index in [1.807, 2.05) is 53.2 Å². The van der Waals surface area contributed by atoms with Crippen molar-refractivity contribution >= 4 is 22.6 Å². The minimum absolute atomic E-state index is 0.0460. The Bertz CT molecular complexity index is 926. The predicted octanol–water partition coefficient (Wildman–Crippen LogP) is 5.03. The topological polar surface area (TPSA) is 30.7 Å². The number of hydrogen-bond acceptors (Lipinski definition) is 2. The quantitative estimate of drug-likeness (QED) is 0.526. The van der Waals surface area contributed by atoms with Crippen LogP contribution in [0.3, 0.4) is 0 Å². The fourth-order valence-corrected chi connectivity index (χ4v) is 3.07. The van der Waals surface area contributed by atoms with Crippen molar-refractivity contribution in [2.24, 2.45) is 0 Å². The fourth-order valence-electron chi connectivity index (χ4n) is 2.95. The summed E-state index contributed by atoms with van der Waals surface area (Å²) in [6.45, 7) is 2.09. The number of aryl methyl sites for hydroxylation is 1. The molecule has 1 heterocycles. The molecule has 1 unspecified atom stereocenters. The van der Waals surface area contributed by atoms with Crippen LogP contribution in [-0.2, 0) is 0 Å². The first-order chi connectivity index (χ1) is 11.7. The third kappa shape index (κ3) is 2.68. The number of halogens is 1. The van der Waals surface area contributed by atoms with E-state index in [1.165, 1.54) is 11.1 Å². The summed E-state index contributed by atoms with van der Waals surface area (Å²) < 4.78 is 1.98. The zero-order valence-electron chi connectivity index (χ0n) is 13.2. The molecule has 0 aliphatic rings. The van der Waals surface area contributed by atoms with Crippen LogP contribution >= 0.6 is 11.6 Å². The van der Waals surface area contributed by atoms with Crippen LogP contribution in [0.2, 0.25) is 5.02 Å². The summed E-state index contributed by atoms with van der Waals surface area (Å²) in [6.07, 6.45) is 0. The number of hydrogen-bond donors (Lipinski definition) is 0. The first-order valence-electron chi connectivity index (χ1n) is 7.84. The second-order valence-electron chi connectivity index (χ2n) is 5.89. The molecule has 4 rings (SSSR count). The Hall–Kier alpha value is -2.65. The van der Waals surface area contributed by atoms with E-state index in [9.17, 15) is 0 Å². The van der Waals surface area contributed by atoms with Crippen LogP contribution < -0.4 is 0 Å². The SMILES string of the molecule is Cc1ccc(C(c2ccc(Cl)cc2)n2nnc3ccccc32)cc1. The normalized spacial score (nSPS) is 12.4. The molecule has 0 radical (unpaired) electrons. The molecule has 0 aliphatic carbocycles. The lowest BCUT2D eigenvalue weighted by molar-refractivity contribution is 0.588. The highest BCUT2D eigenvalue weighted by molar-refractivity contribution is 6.30. The molecule has 0 saturated heterocycles. The summed E-state index contributed by atoms with van der Waals surface area (Å²) >= 11 is 6.07. The van der Waals surface area contributed by atoms with Gasteiger partial charge in [0.2, 0.25) is 0 Å². The molecule has 3 nitrogen and oxygen atoms in total. The Morgan fingerprint density at radius 2 is 1.46 bits per heavy atom. The van der Waals surface area contributed by atoms with Gasteiger partial charge in [-0.3, -0.25) is 0 Å². The van der Waals surface area contributed by atoms with Gasteiger partial charge >= 0.3 is 0 Å². The molecule has 1 aromatic heterocycles. The Labute approximate surface area is 145 Å². The maximum absolute atomic E-state index is 6.07. The predicted molar refractivity (Wildman–Crippen MR) is 97.4 cm³/mol. The van der Waals surface area contributed by atoms with Crippen LogP contribution in [0.4, 0.5) is 0 Å². The molecule has 0 N–H and O–H groups in total. The summed E-state index contributed by atoms with van der Waals surface area (Å²) in [5.74, 6) is 0. The fraction of sp³-hybridized carbons (Fsp3) is 0.100. The Morgan fingerprint density at radius 1 is 0.833 bits per heavy atom. The Morgan fingerprint density at radius 3 is 2.17 bits per heavy atom. The van der Waals surface area contributed by atoms with Gasteiger partial charge in [0.25, 0.3) is 0 Å². The van der Waals surface area contributed by atoms with E-state index in [-0.39, 0.29) is 6.04 Å². The lowest BCUT2D eigenvalue weighted by Crippen LogP contribution is -2.14. The summed E-state index contributed by atoms with van der Waals surface area (Å²) in [5.41, 5.74) is 5.43. The average molecular weight is 334 g/mol. The highest BCUT2D eigenvalue weighted by Gasteiger charge is 2.20. The maximum atomic E-state index is 6.07. The van der Waals surface area contributed by atoms with Crippen molar-refractivity contribution in [2.75, 3.05) is 0 Å². The van der Waals surface area contributed by atoms with Gasteiger partial charge in [0, 0.05) is 5.02 Å². The van der Waals surface area contributed by atoms with Crippen LogP contribution in [0.1, 0.15) is 22.7 Å². The van der Waals surface area contributed by atoms with E-state index < -0.39 is 0 Å². The van der Waals surface area contributed by atoms with E-state index in [0.717, 1.165) is 21.6 Å². The van der Waals surface area contributed by atoms with Crippen molar-refractivity contribution in [1.82, 2.24) is 15.0 Å². The molecule has 0 saturated carbocycles. The molecule has 4 aromatic rings. The number of fused-ring (bicyclic) bond motifs is 1. The highest BCUT2D eigenvalue weighted by atomic mass is 35.5. The zero-order valence-corrected chi connectivity index (χ0v) is 14.0. The van der Waals surface area contributed by atoms with Gasteiger partial charge in [-0.05, 0) is 42.3 Å². The second kappa shape index (κ2) is 6.10. The summed E-state index contributed by atoms with van der Waals surface area (Å²) in [4.78, 5) is 0. The van der Waals surface area contributed by atoms with Gasteiger partial charge in [0.1, 0.15) is 11.6 Å². The molecule has 0 fully saturated rings. The largest absolute Gasteiger partial charge is 0.233 e. The van der Waals surface area contributed by atoms with E-state index in [2.05, 4.69) is 41.5 Å².